The van der Waals surface area contributed by atoms with Crippen LogP contribution in [0.25, 0.3) is 0 Å². The average Bonchev–Trinajstić information content (AvgIpc) is 2.81. The second kappa shape index (κ2) is 5.00. The molecule has 0 aromatic rings. The van der Waals surface area contributed by atoms with Crippen LogP contribution in [0.2, 0.25) is 0 Å². The summed E-state index contributed by atoms with van der Waals surface area (Å²) in [6.45, 7) is 5.46. The summed E-state index contributed by atoms with van der Waals surface area (Å²) >= 11 is 0. The normalized spacial score (nSPS) is 22.6. The Balaban J connectivity index is 2.90. The Morgan fingerprint density at radius 3 is 2.25 bits per heavy atom. The lowest BCUT2D eigenvalue weighted by Crippen LogP contribution is -2.55. The van der Waals surface area contributed by atoms with E-state index in [-0.39, 0.29) is 0 Å². The van der Waals surface area contributed by atoms with Gasteiger partial charge in [0, 0.05) is 32.2 Å². The molecular formula is C10H23N3O2S. The van der Waals surface area contributed by atoms with Gasteiger partial charge in [0.1, 0.15) is 0 Å². The van der Waals surface area contributed by atoms with Crippen molar-refractivity contribution in [2.24, 2.45) is 5.73 Å². The number of nitrogens with two attached hydrogens (primary N) is 1. The zero-order valence-electron chi connectivity index (χ0n) is 10.4. The Kier molecular flexibility index (Phi) is 4.34. The van der Waals surface area contributed by atoms with Crippen LogP contribution in [0.4, 0.5) is 0 Å². The van der Waals surface area contributed by atoms with Crippen molar-refractivity contribution in [1.29, 1.82) is 0 Å². The van der Waals surface area contributed by atoms with Gasteiger partial charge in [-0.05, 0) is 26.2 Å². The third kappa shape index (κ3) is 2.40. The van der Waals surface area contributed by atoms with Gasteiger partial charge in [0.25, 0.3) is 10.2 Å². The lowest BCUT2D eigenvalue weighted by Gasteiger charge is -2.38. The van der Waals surface area contributed by atoms with Crippen molar-refractivity contribution in [2.75, 3.05) is 26.7 Å². The zero-order chi connectivity index (χ0) is 12.4. The minimum absolute atomic E-state index is 0.340. The Morgan fingerprint density at radius 2 is 1.88 bits per heavy atom. The molecule has 0 radical (unpaired) electrons. The van der Waals surface area contributed by atoms with Crippen molar-refractivity contribution in [3.63, 3.8) is 0 Å². The number of rotatable bonds is 5. The van der Waals surface area contributed by atoms with Gasteiger partial charge in [-0.1, -0.05) is 6.92 Å². The van der Waals surface area contributed by atoms with Crippen LogP contribution < -0.4 is 5.73 Å². The molecule has 16 heavy (non-hydrogen) atoms. The maximum Gasteiger partial charge on any atom is 0.282 e. The molecule has 1 atom stereocenters. The van der Waals surface area contributed by atoms with Gasteiger partial charge < -0.3 is 5.73 Å². The lowest BCUT2D eigenvalue weighted by atomic mass is 10.00. The standard InChI is InChI=1S/C10H23N3O2S/c1-4-10(2,9-11)12(3)16(14,15)13-7-5-6-8-13/h4-9,11H2,1-3H3. The largest absolute Gasteiger partial charge is 0.329 e. The van der Waals surface area contributed by atoms with Gasteiger partial charge in [-0.2, -0.15) is 17.0 Å². The molecule has 96 valence electrons. The van der Waals surface area contributed by atoms with E-state index in [0.717, 1.165) is 12.8 Å². The molecule has 1 aliphatic rings. The van der Waals surface area contributed by atoms with E-state index in [1.165, 1.54) is 4.31 Å². The molecule has 0 aromatic heterocycles. The second-order valence-electron chi connectivity index (χ2n) is 4.64. The first-order valence-corrected chi connectivity index (χ1v) is 7.22. The molecule has 1 aliphatic heterocycles. The third-order valence-electron chi connectivity index (χ3n) is 3.70. The molecule has 0 spiro atoms. The van der Waals surface area contributed by atoms with E-state index in [4.69, 9.17) is 5.73 Å². The predicted molar refractivity (Wildman–Crippen MR) is 65.2 cm³/mol. The van der Waals surface area contributed by atoms with E-state index in [2.05, 4.69) is 0 Å². The van der Waals surface area contributed by atoms with Crippen molar-refractivity contribution in [1.82, 2.24) is 8.61 Å². The summed E-state index contributed by atoms with van der Waals surface area (Å²) in [6, 6.07) is 0. The predicted octanol–water partition coefficient (Wildman–Crippen LogP) is 0.386. The van der Waals surface area contributed by atoms with Crippen LogP contribution in [-0.2, 0) is 10.2 Å². The van der Waals surface area contributed by atoms with Crippen LogP contribution in [0, 0.1) is 0 Å². The molecule has 0 aliphatic carbocycles. The monoisotopic (exact) mass is 249 g/mol. The first kappa shape index (κ1) is 13.9. The summed E-state index contributed by atoms with van der Waals surface area (Å²) in [4.78, 5) is 0. The summed E-state index contributed by atoms with van der Waals surface area (Å²) < 4.78 is 27.6. The van der Waals surface area contributed by atoms with Crippen molar-refractivity contribution in [3.8, 4) is 0 Å². The van der Waals surface area contributed by atoms with Gasteiger partial charge >= 0.3 is 0 Å². The van der Waals surface area contributed by atoms with E-state index >= 15 is 0 Å². The number of nitrogens with zero attached hydrogens (tertiary/aromatic N) is 2. The topological polar surface area (TPSA) is 66.6 Å². The highest BCUT2D eigenvalue weighted by Crippen LogP contribution is 2.24. The quantitative estimate of drug-likeness (QED) is 0.766. The van der Waals surface area contributed by atoms with Crippen LogP contribution in [-0.4, -0.2) is 49.2 Å². The molecule has 0 bridgehead atoms. The lowest BCUT2D eigenvalue weighted by molar-refractivity contribution is 0.225. The molecular weight excluding hydrogens is 226 g/mol. The van der Waals surface area contributed by atoms with Crippen LogP contribution in [0.3, 0.4) is 0 Å². The minimum Gasteiger partial charge on any atom is -0.329 e. The van der Waals surface area contributed by atoms with Crippen LogP contribution in [0.5, 0.6) is 0 Å². The summed E-state index contributed by atoms with van der Waals surface area (Å²) in [5.74, 6) is 0. The fourth-order valence-corrected chi connectivity index (χ4v) is 3.69. The van der Waals surface area contributed by atoms with Crippen LogP contribution >= 0.6 is 0 Å². The Morgan fingerprint density at radius 1 is 1.38 bits per heavy atom. The number of hydrogen-bond donors (Lipinski definition) is 1. The molecule has 1 rings (SSSR count). The van der Waals surface area contributed by atoms with Crippen molar-refractivity contribution in [3.05, 3.63) is 0 Å². The molecule has 0 amide bonds. The average molecular weight is 249 g/mol. The van der Waals surface area contributed by atoms with Crippen molar-refractivity contribution in [2.45, 2.75) is 38.6 Å². The van der Waals surface area contributed by atoms with Gasteiger partial charge in [0.05, 0.1) is 0 Å². The molecule has 5 nitrogen and oxygen atoms in total. The zero-order valence-corrected chi connectivity index (χ0v) is 11.3. The van der Waals surface area contributed by atoms with Crippen LogP contribution in [0.15, 0.2) is 0 Å². The molecule has 1 saturated heterocycles. The van der Waals surface area contributed by atoms with Gasteiger partial charge in [0.2, 0.25) is 0 Å². The summed E-state index contributed by atoms with van der Waals surface area (Å²) in [5, 5.41) is 0. The van der Waals surface area contributed by atoms with E-state index < -0.39 is 15.7 Å². The van der Waals surface area contributed by atoms with Gasteiger partial charge in [-0.25, -0.2) is 0 Å². The molecule has 0 saturated carbocycles. The molecule has 1 fully saturated rings. The summed E-state index contributed by atoms with van der Waals surface area (Å²) in [6.07, 6.45) is 2.63. The summed E-state index contributed by atoms with van der Waals surface area (Å²) in [7, 11) is -1.70. The Hall–Kier alpha value is -0.170. The number of hydrogen-bond acceptors (Lipinski definition) is 3. The maximum absolute atomic E-state index is 12.3. The SMILES string of the molecule is CCC(C)(CN)N(C)S(=O)(=O)N1CCCC1. The fraction of sp³-hybridized carbons (Fsp3) is 1.00. The minimum atomic E-state index is -3.33. The number of likely N-dealkylation sites (N-methyl/N-ethyl adjacent to an activating group) is 1. The van der Waals surface area contributed by atoms with Crippen molar-refractivity contribution >= 4 is 10.2 Å². The Labute approximate surface area is 98.8 Å². The van der Waals surface area contributed by atoms with E-state index in [1.807, 2.05) is 13.8 Å². The van der Waals surface area contributed by atoms with E-state index in [9.17, 15) is 8.42 Å². The highest BCUT2D eigenvalue weighted by Gasteiger charge is 2.38. The summed E-state index contributed by atoms with van der Waals surface area (Å²) in [5.41, 5.74) is 5.20. The molecule has 2 N–H and O–H groups in total. The highest BCUT2D eigenvalue weighted by molar-refractivity contribution is 7.86. The first-order chi connectivity index (χ1) is 7.38. The molecule has 6 heteroatoms. The first-order valence-electron chi connectivity index (χ1n) is 5.82. The van der Waals surface area contributed by atoms with Gasteiger partial charge in [0.15, 0.2) is 0 Å². The highest BCUT2D eigenvalue weighted by atomic mass is 32.2. The second-order valence-corrected chi connectivity index (χ2v) is 6.60. The van der Waals surface area contributed by atoms with E-state index in [0.29, 0.717) is 26.1 Å². The van der Waals surface area contributed by atoms with Crippen LogP contribution in [0.1, 0.15) is 33.1 Å². The van der Waals surface area contributed by atoms with Gasteiger partial charge in [-0.3, -0.25) is 0 Å². The molecule has 1 heterocycles. The fourth-order valence-electron chi connectivity index (χ4n) is 1.87. The molecule has 1 unspecified atom stereocenters. The van der Waals surface area contributed by atoms with E-state index in [1.54, 1.807) is 11.4 Å². The Bertz CT molecular complexity index is 319. The van der Waals surface area contributed by atoms with Gasteiger partial charge in [-0.15, -0.1) is 0 Å². The maximum atomic E-state index is 12.3. The smallest absolute Gasteiger partial charge is 0.282 e. The molecule has 0 aromatic carbocycles. The third-order valence-corrected chi connectivity index (χ3v) is 5.85. The van der Waals surface area contributed by atoms with Crippen molar-refractivity contribution < 1.29 is 8.42 Å².